The van der Waals surface area contributed by atoms with Crippen LogP contribution in [0.15, 0.2) is 41.9 Å². The van der Waals surface area contributed by atoms with E-state index in [9.17, 15) is 9.18 Å². The molecule has 1 amide bonds. The Hall–Kier alpha value is -2.77. The van der Waals surface area contributed by atoms with E-state index in [0.717, 1.165) is 10.4 Å². The van der Waals surface area contributed by atoms with Gasteiger partial charge in [-0.15, -0.1) is 11.3 Å². The van der Waals surface area contributed by atoms with Gasteiger partial charge in [-0.05, 0) is 30.7 Å². The van der Waals surface area contributed by atoms with Gasteiger partial charge in [0.2, 0.25) is 0 Å². The first kappa shape index (κ1) is 16.7. The molecule has 0 saturated heterocycles. The molecule has 2 heterocycles. The predicted molar refractivity (Wildman–Crippen MR) is 101 cm³/mol. The molecule has 4 aromatic rings. The van der Waals surface area contributed by atoms with Gasteiger partial charge in [0.15, 0.2) is 0 Å². The number of benzene rings is 2. The van der Waals surface area contributed by atoms with E-state index < -0.39 is 5.82 Å². The summed E-state index contributed by atoms with van der Waals surface area (Å²) >= 11 is 7.29. The Bertz CT molecular complexity index is 1140. The molecular formula is C18H12ClFN4OS. The van der Waals surface area contributed by atoms with E-state index in [1.54, 1.807) is 35.8 Å². The Balaban J connectivity index is 1.80. The highest BCUT2D eigenvalue weighted by molar-refractivity contribution is 7.09. The van der Waals surface area contributed by atoms with Gasteiger partial charge in [0.05, 0.1) is 27.4 Å². The number of fused-ring (bicyclic) bond motifs is 1. The molecule has 5 nitrogen and oxygen atoms in total. The number of nitrogens with zero attached hydrogens (tertiary/aromatic N) is 2. The smallest absolute Gasteiger partial charge is 0.275 e. The molecule has 0 atom stereocenters. The van der Waals surface area contributed by atoms with E-state index in [2.05, 4.69) is 20.5 Å². The molecular weight excluding hydrogens is 375 g/mol. The third kappa shape index (κ3) is 2.95. The van der Waals surface area contributed by atoms with Crippen LogP contribution in [0.3, 0.4) is 0 Å². The van der Waals surface area contributed by atoms with E-state index in [-0.39, 0.29) is 10.9 Å². The van der Waals surface area contributed by atoms with Crippen molar-refractivity contribution in [2.75, 3.05) is 5.32 Å². The number of amides is 1. The summed E-state index contributed by atoms with van der Waals surface area (Å²) in [6.45, 7) is 1.83. The second-order valence-electron chi connectivity index (χ2n) is 5.66. The van der Waals surface area contributed by atoms with Gasteiger partial charge in [0, 0.05) is 16.3 Å². The maximum atomic E-state index is 14.4. The molecule has 130 valence electrons. The number of nitrogens with one attached hydrogen (secondary N) is 2. The van der Waals surface area contributed by atoms with Crippen molar-refractivity contribution < 1.29 is 9.18 Å². The monoisotopic (exact) mass is 386 g/mol. The Labute approximate surface area is 156 Å². The van der Waals surface area contributed by atoms with Crippen LogP contribution in [0, 0.1) is 12.7 Å². The molecule has 0 aliphatic heterocycles. The number of carbonyl (C=O) groups is 1. The van der Waals surface area contributed by atoms with E-state index in [4.69, 9.17) is 11.6 Å². The van der Waals surface area contributed by atoms with Crippen LogP contribution in [-0.2, 0) is 0 Å². The number of halogens is 2. The second-order valence-corrected chi connectivity index (χ2v) is 7.13. The van der Waals surface area contributed by atoms with E-state index in [1.807, 2.05) is 6.92 Å². The molecule has 0 aliphatic carbocycles. The molecule has 0 saturated carbocycles. The topological polar surface area (TPSA) is 70.7 Å². The molecule has 2 aromatic heterocycles. The molecule has 0 radical (unpaired) electrons. The molecule has 0 spiro atoms. The van der Waals surface area contributed by atoms with Crippen molar-refractivity contribution in [3.05, 3.63) is 63.5 Å². The zero-order valence-electron chi connectivity index (χ0n) is 13.5. The first-order valence-electron chi connectivity index (χ1n) is 7.68. The van der Waals surface area contributed by atoms with Gasteiger partial charge < -0.3 is 5.32 Å². The third-order valence-electron chi connectivity index (χ3n) is 3.92. The summed E-state index contributed by atoms with van der Waals surface area (Å²) in [5.74, 6) is -0.846. The van der Waals surface area contributed by atoms with Crippen molar-refractivity contribution in [2.45, 2.75) is 6.92 Å². The van der Waals surface area contributed by atoms with Crippen LogP contribution in [0.5, 0.6) is 0 Å². The number of H-pyrrole nitrogens is 1. The lowest BCUT2D eigenvalue weighted by molar-refractivity contribution is 0.102. The summed E-state index contributed by atoms with van der Waals surface area (Å²) in [5, 5.41) is 12.9. The third-order valence-corrected chi connectivity index (χ3v) is 4.99. The van der Waals surface area contributed by atoms with Gasteiger partial charge in [-0.25, -0.2) is 9.37 Å². The van der Waals surface area contributed by atoms with Crippen LogP contribution in [0.1, 0.15) is 15.5 Å². The fraction of sp³-hybridized carbons (Fsp3) is 0.0556. The summed E-state index contributed by atoms with van der Waals surface area (Å²) in [6.07, 6.45) is 1.61. The fourth-order valence-corrected chi connectivity index (χ4v) is 3.46. The Morgan fingerprint density at radius 2 is 2.19 bits per heavy atom. The van der Waals surface area contributed by atoms with Gasteiger partial charge >= 0.3 is 0 Å². The van der Waals surface area contributed by atoms with Crippen LogP contribution >= 0.6 is 22.9 Å². The lowest BCUT2D eigenvalue weighted by atomic mass is 10.0. The molecule has 0 unspecified atom stereocenters. The molecule has 8 heteroatoms. The number of aromatic nitrogens is 3. The van der Waals surface area contributed by atoms with Crippen molar-refractivity contribution in [3.8, 4) is 11.1 Å². The van der Waals surface area contributed by atoms with Crippen LogP contribution in [0.4, 0.5) is 10.1 Å². The van der Waals surface area contributed by atoms with Gasteiger partial charge in [-0.1, -0.05) is 23.7 Å². The standard InChI is InChI=1S/C18H12ClFN4OS/c1-9-22-16(8-26-9)18(25)23-14-5-10(6-15-12(14)7-21-24-15)11-3-2-4-13(19)17(11)20/h2-8H,1H3,(H,21,24)(H,23,25). The van der Waals surface area contributed by atoms with Crippen LogP contribution in [0.25, 0.3) is 22.0 Å². The number of hydrogen-bond acceptors (Lipinski definition) is 4. The zero-order chi connectivity index (χ0) is 18.3. The maximum absolute atomic E-state index is 14.4. The number of rotatable bonds is 3. The second kappa shape index (κ2) is 6.51. The van der Waals surface area contributed by atoms with Crippen LogP contribution in [0.2, 0.25) is 5.02 Å². The maximum Gasteiger partial charge on any atom is 0.275 e. The van der Waals surface area contributed by atoms with Crippen molar-refractivity contribution in [1.82, 2.24) is 15.2 Å². The van der Waals surface area contributed by atoms with Crippen molar-refractivity contribution in [2.24, 2.45) is 0 Å². The molecule has 0 fully saturated rings. The molecule has 26 heavy (non-hydrogen) atoms. The van der Waals surface area contributed by atoms with Crippen molar-refractivity contribution in [1.29, 1.82) is 0 Å². The molecule has 0 aliphatic rings. The fourth-order valence-electron chi connectivity index (χ4n) is 2.69. The Morgan fingerprint density at radius 1 is 1.35 bits per heavy atom. The Kier molecular flexibility index (Phi) is 4.18. The van der Waals surface area contributed by atoms with Gasteiger partial charge in [0.1, 0.15) is 11.5 Å². The minimum Gasteiger partial charge on any atom is -0.320 e. The first-order valence-corrected chi connectivity index (χ1v) is 8.93. The molecule has 2 N–H and O–H groups in total. The number of aromatic amines is 1. The van der Waals surface area contributed by atoms with Crippen LogP contribution in [-0.4, -0.2) is 21.1 Å². The van der Waals surface area contributed by atoms with Crippen molar-refractivity contribution >= 4 is 45.4 Å². The minimum absolute atomic E-state index is 0.0377. The number of thiazole rings is 1. The summed E-state index contributed by atoms with van der Waals surface area (Å²) < 4.78 is 14.4. The summed E-state index contributed by atoms with van der Waals surface area (Å²) in [7, 11) is 0. The largest absolute Gasteiger partial charge is 0.320 e. The molecule has 4 rings (SSSR count). The highest BCUT2D eigenvalue weighted by Gasteiger charge is 2.16. The zero-order valence-corrected chi connectivity index (χ0v) is 15.1. The van der Waals surface area contributed by atoms with Gasteiger partial charge in [-0.3, -0.25) is 9.89 Å². The average Bonchev–Trinajstić information content (AvgIpc) is 3.26. The van der Waals surface area contributed by atoms with Gasteiger partial charge in [0.25, 0.3) is 5.91 Å². The Morgan fingerprint density at radius 3 is 2.96 bits per heavy atom. The van der Waals surface area contributed by atoms with Gasteiger partial charge in [-0.2, -0.15) is 5.10 Å². The summed E-state index contributed by atoms with van der Waals surface area (Å²) in [4.78, 5) is 16.7. The molecule has 0 bridgehead atoms. The van der Waals surface area contributed by atoms with E-state index in [0.29, 0.717) is 28.0 Å². The quantitative estimate of drug-likeness (QED) is 0.518. The van der Waals surface area contributed by atoms with Crippen LogP contribution < -0.4 is 5.32 Å². The SMILES string of the molecule is Cc1nc(C(=O)Nc2cc(-c3cccc(Cl)c3F)cc3[nH]ncc23)cs1. The number of aryl methyl sites for hydroxylation is 1. The summed E-state index contributed by atoms with van der Waals surface area (Å²) in [5.41, 5.74) is 2.44. The highest BCUT2D eigenvalue weighted by Crippen LogP contribution is 2.33. The predicted octanol–water partition coefficient (Wildman–Crippen LogP) is 5.04. The lowest BCUT2D eigenvalue weighted by Crippen LogP contribution is -2.12. The van der Waals surface area contributed by atoms with E-state index in [1.165, 1.54) is 17.4 Å². The lowest BCUT2D eigenvalue weighted by Gasteiger charge is -2.10. The highest BCUT2D eigenvalue weighted by atomic mass is 35.5. The minimum atomic E-state index is -0.513. The number of anilines is 1. The van der Waals surface area contributed by atoms with E-state index >= 15 is 0 Å². The first-order chi connectivity index (χ1) is 12.5. The summed E-state index contributed by atoms with van der Waals surface area (Å²) in [6, 6.07) is 8.26. The number of hydrogen-bond donors (Lipinski definition) is 2. The normalized spacial score (nSPS) is 11.0. The number of carbonyl (C=O) groups excluding carboxylic acids is 1. The molecule has 2 aromatic carbocycles. The van der Waals surface area contributed by atoms with Crippen molar-refractivity contribution in [3.63, 3.8) is 0 Å². The average molecular weight is 387 g/mol.